The number of ether oxygens (including phenoxy) is 1. The van der Waals surface area contributed by atoms with Crippen molar-refractivity contribution in [2.75, 3.05) is 12.0 Å². The Kier molecular flexibility index (Phi) is 3.04. The van der Waals surface area contributed by atoms with E-state index in [2.05, 4.69) is 9.98 Å². The lowest BCUT2D eigenvalue weighted by atomic mass is 9.80. The van der Waals surface area contributed by atoms with Gasteiger partial charge in [-0.15, -0.1) is 0 Å². The molecule has 0 atom stereocenters. The van der Waals surface area contributed by atoms with Gasteiger partial charge in [0.05, 0.1) is 12.6 Å². The van der Waals surface area contributed by atoms with E-state index in [4.69, 9.17) is 10.6 Å². The first-order chi connectivity index (χ1) is 9.49. The first-order valence-electron chi connectivity index (χ1n) is 6.21. The van der Waals surface area contributed by atoms with Gasteiger partial charge in [-0.3, -0.25) is 4.99 Å². The number of nitrogens with zero attached hydrogens (tertiary/aromatic N) is 2. The van der Waals surface area contributed by atoms with Crippen molar-refractivity contribution in [1.82, 2.24) is 4.98 Å². The average molecular weight is 286 g/mol. The summed E-state index contributed by atoms with van der Waals surface area (Å²) in [6.07, 6.45) is -2.12. The van der Waals surface area contributed by atoms with E-state index in [9.17, 15) is 13.2 Å². The van der Waals surface area contributed by atoms with Gasteiger partial charge in [-0.05, 0) is 18.9 Å². The fourth-order valence-corrected chi connectivity index (χ4v) is 2.34. The second-order valence-electron chi connectivity index (χ2n) is 4.89. The average Bonchev–Trinajstić information content (AvgIpc) is 3.15. The van der Waals surface area contributed by atoms with Crippen molar-refractivity contribution in [3.05, 3.63) is 17.8 Å². The molecule has 2 heterocycles. The highest BCUT2D eigenvalue weighted by Crippen LogP contribution is 2.42. The summed E-state index contributed by atoms with van der Waals surface area (Å²) in [5, 5.41) is 0. The van der Waals surface area contributed by atoms with Crippen molar-refractivity contribution in [3.63, 3.8) is 0 Å². The van der Waals surface area contributed by atoms with Gasteiger partial charge in [0.2, 0.25) is 0 Å². The Morgan fingerprint density at radius 2 is 2.05 bits per heavy atom. The number of hydrazine groups is 1. The van der Waals surface area contributed by atoms with E-state index >= 15 is 0 Å². The summed E-state index contributed by atoms with van der Waals surface area (Å²) < 4.78 is 44.6. The Balaban J connectivity index is 1.77. The molecule has 0 amide bonds. The minimum Gasteiger partial charge on any atom is -0.490 e. The van der Waals surface area contributed by atoms with E-state index in [1.54, 1.807) is 0 Å². The predicted molar refractivity (Wildman–Crippen MR) is 66.5 cm³/mol. The predicted octanol–water partition coefficient (Wildman–Crippen LogP) is 2.00. The van der Waals surface area contributed by atoms with Gasteiger partial charge in [0, 0.05) is 17.8 Å². The lowest BCUT2D eigenvalue weighted by Gasteiger charge is -2.34. The zero-order chi connectivity index (χ0) is 14.3. The Labute approximate surface area is 113 Å². The molecular weight excluding hydrogens is 273 g/mol. The van der Waals surface area contributed by atoms with Crippen LogP contribution >= 0.6 is 0 Å². The molecule has 0 saturated heterocycles. The van der Waals surface area contributed by atoms with Crippen molar-refractivity contribution in [1.29, 1.82) is 0 Å². The van der Waals surface area contributed by atoms with E-state index in [0.29, 0.717) is 18.8 Å². The molecule has 2 aliphatic rings. The summed E-state index contributed by atoms with van der Waals surface area (Å²) in [6, 6.07) is 1.21. The Bertz CT molecular complexity index is 552. The molecule has 3 rings (SSSR count). The van der Waals surface area contributed by atoms with Crippen LogP contribution in [0.15, 0.2) is 17.3 Å². The number of nitrogens with two attached hydrogens (primary N) is 1. The monoisotopic (exact) mass is 286 g/mol. The van der Waals surface area contributed by atoms with Crippen LogP contribution in [0.25, 0.3) is 0 Å². The maximum absolute atomic E-state index is 13.0. The van der Waals surface area contributed by atoms with Crippen LogP contribution in [0.4, 0.5) is 19.0 Å². The number of alkyl halides is 3. The maximum atomic E-state index is 13.0. The fraction of sp³-hybridized carbons (Fsp3) is 0.500. The number of halogens is 3. The van der Waals surface area contributed by atoms with Crippen LogP contribution in [0.1, 0.15) is 18.4 Å². The summed E-state index contributed by atoms with van der Waals surface area (Å²) in [5.74, 6) is 4.79. The standard InChI is InChI=1S/C12H13F3N4O/c13-12(14,15)10-9(1-2-17-11(10)19-16)20-7-3-6(4-7)8-5-18-8/h1-2,6-7H,3-5,16H2,(H,17,19). The fourth-order valence-electron chi connectivity index (χ4n) is 2.34. The maximum Gasteiger partial charge on any atom is 0.423 e. The van der Waals surface area contributed by atoms with Crippen LogP contribution in [-0.2, 0) is 6.18 Å². The Hall–Kier alpha value is -1.83. The molecule has 0 unspecified atom stereocenters. The van der Waals surface area contributed by atoms with Gasteiger partial charge in [-0.2, -0.15) is 13.2 Å². The van der Waals surface area contributed by atoms with Crippen LogP contribution < -0.4 is 16.0 Å². The zero-order valence-corrected chi connectivity index (χ0v) is 10.4. The molecule has 0 aromatic carbocycles. The summed E-state index contributed by atoms with van der Waals surface area (Å²) in [5.41, 5.74) is 2.15. The zero-order valence-electron chi connectivity index (χ0n) is 10.4. The molecule has 0 spiro atoms. The second-order valence-corrected chi connectivity index (χ2v) is 4.89. The van der Waals surface area contributed by atoms with Gasteiger partial charge >= 0.3 is 6.18 Å². The molecule has 20 heavy (non-hydrogen) atoms. The molecule has 1 saturated carbocycles. The number of rotatable bonds is 4. The topological polar surface area (TPSA) is 72.5 Å². The molecule has 1 aliphatic heterocycles. The first-order valence-corrected chi connectivity index (χ1v) is 6.21. The minimum atomic E-state index is -4.57. The third kappa shape index (κ3) is 2.43. The summed E-state index contributed by atoms with van der Waals surface area (Å²) in [4.78, 5) is 7.67. The van der Waals surface area contributed by atoms with E-state index < -0.39 is 17.6 Å². The van der Waals surface area contributed by atoms with Crippen LogP contribution in [0, 0.1) is 5.92 Å². The van der Waals surface area contributed by atoms with E-state index in [-0.39, 0.29) is 11.9 Å². The highest BCUT2D eigenvalue weighted by molar-refractivity contribution is 5.99. The van der Waals surface area contributed by atoms with Gasteiger partial charge in [0.15, 0.2) is 5.82 Å². The number of hydrogen-bond donors (Lipinski definition) is 2. The van der Waals surface area contributed by atoms with Crippen LogP contribution in [-0.4, -0.2) is 23.3 Å². The lowest BCUT2D eigenvalue weighted by molar-refractivity contribution is -0.139. The van der Waals surface area contributed by atoms with Gasteiger partial charge in [-0.25, -0.2) is 10.8 Å². The molecule has 1 aromatic rings. The summed E-state index contributed by atoms with van der Waals surface area (Å²) in [7, 11) is 0. The van der Waals surface area contributed by atoms with Crippen molar-refractivity contribution in [3.8, 4) is 5.75 Å². The first kappa shape index (κ1) is 13.2. The number of aromatic nitrogens is 1. The molecule has 0 bridgehead atoms. The van der Waals surface area contributed by atoms with E-state index in [0.717, 1.165) is 12.3 Å². The third-order valence-corrected chi connectivity index (χ3v) is 3.53. The van der Waals surface area contributed by atoms with Crippen molar-refractivity contribution >= 4 is 11.5 Å². The SMILES string of the molecule is NNc1nccc(OC2CC(C3=NC3)C2)c1C(F)(F)F. The normalized spacial score (nSPS) is 24.7. The van der Waals surface area contributed by atoms with Gasteiger partial charge in [-0.1, -0.05) is 0 Å². The lowest BCUT2D eigenvalue weighted by Crippen LogP contribution is -2.36. The second kappa shape index (κ2) is 4.62. The van der Waals surface area contributed by atoms with Crippen LogP contribution in [0.5, 0.6) is 5.75 Å². The Morgan fingerprint density at radius 3 is 2.60 bits per heavy atom. The van der Waals surface area contributed by atoms with Gasteiger partial charge in [0.1, 0.15) is 11.3 Å². The van der Waals surface area contributed by atoms with Crippen molar-refractivity contribution in [2.45, 2.75) is 25.1 Å². The number of hydrogen-bond acceptors (Lipinski definition) is 5. The molecule has 8 heteroatoms. The largest absolute Gasteiger partial charge is 0.490 e. The van der Waals surface area contributed by atoms with E-state index in [1.807, 2.05) is 5.43 Å². The molecule has 5 nitrogen and oxygen atoms in total. The highest BCUT2D eigenvalue weighted by Gasteiger charge is 2.41. The molecule has 1 aromatic heterocycles. The summed E-state index contributed by atoms with van der Waals surface area (Å²) >= 11 is 0. The number of nitrogens with one attached hydrogen (secondary N) is 1. The smallest absolute Gasteiger partial charge is 0.423 e. The number of nitrogen functional groups attached to an aromatic ring is 1. The molecule has 1 fully saturated rings. The highest BCUT2D eigenvalue weighted by atomic mass is 19.4. The van der Waals surface area contributed by atoms with Crippen molar-refractivity contribution in [2.24, 2.45) is 16.8 Å². The minimum absolute atomic E-state index is 0.211. The summed E-state index contributed by atoms with van der Waals surface area (Å²) in [6.45, 7) is 0.793. The number of anilines is 1. The molecular formula is C12H13F3N4O. The van der Waals surface area contributed by atoms with E-state index in [1.165, 1.54) is 12.3 Å². The quantitative estimate of drug-likeness (QED) is 0.656. The molecule has 0 radical (unpaired) electrons. The Morgan fingerprint density at radius 1 is 1.35 bits per heavy atom. The number of aliphatic imine (C=N–C) groups is 1. The molecule has 1 aliphatic carbocycles. The number of pyridine rings is 1. The molecule has 108 valence electrons. The van der Waals surface area contributed by atoms with Crippen molar-refractivity contribution < 1.29 is 17.9 Å². The molecule has 3 N–H and O–H groups in total. The van der Waals surface area contributed by atoms with Crippen LogP contribution in [0.3, 0.4) is 0 Å². The van der Waals surface area contributed by atoms with Gasteiger partial charge < -0.3 is 10.2 Å². The third-order valence-electron chi connectivity index (χ3n) is 3.53. The van der Waals surface area contributed by atoms with Crippen LogP contribution in [0.2, 0.25) is 0 Å². The van der Waals surface area contributed by atoms with Gasteiger partial charge in [0.25, 0.3) is 0 Å².